The highest BCUT2D eigenvalue weighted by Crippen LogP contribution is 2.27. The van der Waals surface area contributed by atoms with Gasteiger partial charge >= 0.3 is 5.69 Å². The lowest BCUT2D eigenvalue weighted by molar-refractivity contribution is -0.390. The first-order valence-corrected chi connectivity index (χ1v) is 8.29. The molecule has 0 aliphatic heterocycles. The van der Waals surface area contributed by atoms with Crippen molar-refractivity contribution in [1.29, 1.82) is 0 Å². The lowest BCUT2D eigenvalue weighted by Crippen LogP contribution is -2.36. The molecule has 0 atom stereocenters. The predicted octanol–water partition coefficient (Wildman–Crippen LogP) is 2.15. The number of halogens is 1. The Hall–Kier alpha value is -1.19. The fourth-order valence-corrected chi connectivity index (χ4v) is 3.01. The van der Waals surface area contributed by atoms with E-state index in [1.54, 1.807) is 0 Å². The molecule has 9 heteroatoms. The second-order valence-electron chi connectivity index (χ2n) is 4.63. The van der Waals surface area contributed by atoms with E-state index in [0.717, 1.165) is 18.2 Å². The summed E-state index contributed by atoms with van der Waals surface area (Å²) in [6.07, 6.45) is 1.82. The van der Waals surface area contributed by atoms with Gasteiger partial charge in [0.05, 0.1) is 4.92 Å². The maximum absolute atomic E-state index is 13.4. The SMILES string of the molecule is CSC(C)(C)CNS(=O)(=O)c1cccc(F)c1[N+](=O)[O-]. The Kier molecular flexibility index (Phi) is 5.11. The van der Waals surface area contributed by atoms with Crippen LogP contribution < -0.4 is 4.72 Å². The van der Waals surface area contributed by atoms with Gasteiger partial charge in [0.1, 0.15) is 0 Å². The van der Waals surface area contributed by atoms with Gasteiger partial charge in [0.2, 0.25) is 15.8 Å². The number of nitro benzene ring substituents is 1. The molecular weight excluding hydrogens is 307 g/mol. The third-order valence-corrected chi connectivity index (χ3v) is 5.34. The van der Waals surface area contributed by atoms with Crippen LogP contribution in [0.3, 0.4) is 0 Å². The van der Waals surface area contributed by atoms with Gasteiger partial charge in [-0.25, -0.2) is 13.1 Å². The third-order valence-electron chi connectivity index (χ3n) is 2.66. The van der Waals surface area contributed by atoms with E-state index >= 15 is 0 Å². The summed E-state index contributed by atoms with van der Waals surface area (Å²) < 4.78 is 39.5. The van der Waals surface area contributed by atoms with Gasteiger partial charge in [0.15, 0.2) is 4.90 Å². The smallest absolute Gasteiger partial charge is 0.258 e. The molecule has 0 aromatic heterocycles. The van der Waals surface area contributed by atoms with Crippen LogP contribution in [-0.4, -0.2) is 30.9 Å². The van der Waals surface area contributed by atoms with E-state index in [0.29, 0.717) is 0 Å². The number of sulfonamides is 1. The zero-order valence-corrected chi connectivity index (χ0v) is 12.8. The van der Waals surface area contributed by atoms with Crippen molar-refractivity contribution in [1.82, 2.24) is 4.72 Å². The Morgan fingerprint density at radius 2 is 2.05 bits per heavy atom. The fraction of sp³-hybridized carbons (Fsp3) is 0.455. The molecule has 0 bridgehead atoms. The summed E-state index contributed by atoms with van der Waals surface area (Å²) in [5.74, 6) is -1.18. The zero-order valence-electron chi connectivity index (χ0n) is 11.2. The second kappa shape index (κ2) is 6.06. The van der Waals surface area contributed by atoms with Crippen LogP contribution >= 0.6 is 11.8 Å². The van der Waals surface area contributed by atoms with Gasteiger partial charge in [0.25, 0.3) is 0 Å². The fourth-order valence-electron chi connectivity index (χ4n) is 1.31. The lowest BCUT2D eigenvalue weighted by atomic mass is 10.2. The van der Waals surface area contributed by atoms with E-state index in [1.165, 1.54) is 11.8 Å². The van der Waals surface area contributed by atoms with Crippen molar-refractivity contribution in [2.24, 2.45) is 0 Å². The molecule has 20 heavy (non-hydrogen) atoms. The molecule has 112 valence electrons. The molecule has 1 N–H and O–H groups in total. The van der Waals surface area contributed by atoms with Crippen LogP contribution in [0.25, 0.3) is 0 Å². The zero-order chi connectivity index (χ0) is 15.6. The summed E-state index contributed by atoms with van der Waals surface area (Å²) in [5.41, 5.74) is -1.04. The molecular formula is C11H15FN2O4S2. The van der Waals surface area contributed by atoms with Crippen LogP contribution in [0.1, 0.15) is 13.8 Å². The maximum Gasteiger partial charge on any atom is 0.324 e. The molecule has 0 radical (unpaired) electrons. The molecule has 0 saturated heterocycles. The number of rotatable bonds is 6. The van der Waals surface area contributed by atoms with Crippen LogP contribution in [-0.2, 0) is 10.0 Å². The Balaban J connectivity index is 3.17. The molecule has 0 unspecified atom stereocenters. The third kappa shape index (κ3) is 3.90. The Morgan fingerprint density at radius 3 is 2.55 bits per heavy atom. The number of nitro groups is 1. The van der Waals surface area contributed by atoms with Crippen molar-refractivity contribution in [2.45, 2.75) is 23.5 Å². The van der Waals surface area contributed by atoms with Crippen LogP contribution in [0.15, 0.2) is 23.1 Å². The number of hydrogen-bond acceptors (Lipinski definition) is 5. The minimum atomic E-state index is -4.15. The molecule has 0 spiro atoms. The monoisotopic (exact) mass is 322 g/mol. The van der Waals surface area contributed by atoms with Gasteiger partial charge in [-0.05, 0) is 32.2 Å². The van der Waals surface area contributed by atoms with E-state index in [2.05, 4.69) is 4.72 Å². The summed E-state index contributed by atoms with van der Waals surface area (Å²) in [7, 11) is -4.15. The topological polar surface area (TPSA) is 89.3 Å². The normalized spacial score (nSPS) is 12.4. The quantitative estimate of drug-likeness (QED) is 0.640. The summed E-state index contributed by atoms with van der Waals surface area (Å²) in [5, 5.41) is 10.8. The standard InChI is InChI=1S/C11H15FN2O4S2/c1-11(2,19-3)7-13-20(17,18)9-6-4-5-8(12)10(9)14(15)16/h4-6,13H,7H2,1-3H3. The van der Waals surface area contributed by atoms with Gasteiger partial charge in [-0.1, -0.05) is 6.07 Å². The van der Waals surface area contributed by atoms with Gasteiger partial charge in [0, 0.05) is 11.3 Å². The molecule has 0 aliphatic rings. The van der Waals surface area contributed by atoms with Crippen LogP contribution in [0.2, 0.25) is 0 Å². The van der Waals surface area contributed by atoms with E-state index in [1.807, 2.05) is 20.1 Å². The second-order valence-corrected chi connectivity index (χ2v) is 7.88. The van der Waals surface area contributed by atoms with E-state index in [-0.39, 0.29) is 11.3 Å². The highest BCUT2D eigenvalue weighted by atomic mass is 32.2. The highest BCUT2D eigenvalue weighted by Gasteiger charge is 2.30. The first-order valence-electron chi connectivity index (χ1n) is 5.58. The number of thioether (sulfide) groups is 1. The number of nitrogens with one attached hydrogen (secondary N) is 1. The average Bonchev–Trinajstić information content (AvgIpc) is 2.36. The highest BCUT2D eigenvalue weighted by molar-refractivity contribution is 8.00. The first kappa shape index (κ1) is 16.9. The van der Waals surface area contributed by atoms with E-state index in [4.69, 9.17) is 0 Å². The number of para-hydroxylation sites is 1. The number of nitrogens with zero attached hydrogens (tertiary/aromatic N) is 1. The Morgan fingerprint density at radius 1 is 1.45 bits per heavy atom. The van der Waals surface area contributed by atoms with Crippen LogP contribution in [0.5, 0.6) is 0 Å². The summed E-state index contributed by atoms with van der Waals surface area (Å²) in [6.45, 7) is 3.71. The van der Waals surface area contributed by atoms with Crippen molar-refractivity contribution in [3.05, 3.63) is 34.1 Å². The summed E-state index contributed by atoms with van der Waals surface area (Å²) in [4.78, 5) is 9.11. The predicted molar refractivity (Wildman–Crippen MR) is 75.8 cm³/mol. The minimum Gasteiger partial charge on any atom is -0.258 e. The van der Waals surface area contributed by atoms with E-state index < -0.39 is 31.3 Å². The molecule has 0 saturated carbocycles. The molecule has 0 heterocycles. The Labute approximate surface area is 121 Å². The van der Waals surface area contributed by atoms with Crippen LogP contribution in [0.4, 0.5) is 10.1 Å². The van der Waals surface area contributed by atoms with E-state index in [9.17, 15) is 22.9 Å². The van der Waals surface area contributed by atoms with Crippen LogP contribution in [0, 0.1) is 15.9 Å². The van der Waals surface area contributed by atoms with Crippen molar-refractivity contribution in [2.75, 3.05) is 12.8 Å². The maximum atomic E-state index is 13.4. The van der Waals surface area contributed by atoms with Crippen molar-refractivity contribution in [3.63, 3.8) is 0 Å². The Bertz CT molecular complexity index is 617. The molecule has 0 aliphatic carbocycles. The molecule has 1 aromatic carbocycles. The summed E-state index contributed by atoms with van der Waals surface area (Å²) >= 11 is 1.44. The average molecular weight is 322 g/mol. The van der Waals surface area contributed by atoms with Gasteiger partial charge in [-0.15, -0.1) is 0 Å². The molecule has 1 aromatic rings. The van der Waals surface area contributed by atoms with Crippen molar-refractivity contribution >= 4 is 27.5 Å². The first-order chi connectivity index (χ1) is 9.10. The number of hydrogen-bond donors (Lipinski definition) is 1. The van der Waals surface area contributed by atoms with Gasteiger partial charge in [-0.2, -0.15) is 16.2 Å². The van der Waals surface area contributed by atoms with Gasteiger partial charge in [-0.3, -0.25) is 10.1 Å². The molecule has 1 rings (SSSR count). The largest absolute Gasteiger partial charge is 0.324 e. The summed E-state index contributed by atoms with van der Waals surface area (Å²) in [6, 6.07) is 2.98. The van der Waals surface area contributed by atoms with Crippen molar-refractivity contribution in [3.8, 4) is 0 Å². The lowest BCUT2D eigenvalue weighted by Gasteiger charge is -2.22. The van der Waals surface area contributed by atoms with Crippen molar-refractivity contribution < 1.29 is 17.7 Å². The minimum absolute atomic E-state index is 0.0736. The molecule has 6 nitrogen and oxygen atoms in total. The van der Waals surface area contributed by atoms with Gasteiger partial charge < -0.3 is 0 Å². The number of benzene rings is 1. The molecule has 0 amide bonds. The molecule has 0 fully saturated rings.